The third-order valence-corrected chi connectivity index (χ3v) is 3.72. The highest BCUT2D eigenvalue weighted by Crippen LogP contribution is 2.28. The van der Waals surface area contributed by atoms with Crippen molar-refractivity contribution in [2.75, 3.05) is 7.11 Å². The monoisotopic (exact) mass is 280 g/mol. The number of aromatic nitrogens is 2. The molecule has 0 amide bonds. The number of hydrogen-bond acceptors (Lipinski definition) is 3. The number of benzene rings is 1. The first-order valence-corrected chi connectivity index (χ1v) is 6.93. The molecule has 0 unspecified atom stereocenters. The number of carbonyl (C=O) groups excluding carboxylic acids is 1. The van der Waals surface area contributed by atoms with Crippen molar-refractivity contribution < 1.29 is 9.53 Å². The van der Waals surface area contributed by atoms with E-state index in [-0.39, 0.29) is 5.97 Å². The van der Waals surface area contributed by atoms with Gasteiger partial charge < -0.3 is 4.74 Å². The smallest absolute Gasteiger partial charge is 0.339 e. The lowest BCUT2D eigenvalue weighted by atomic mass is 9.97. The Morgan fingerprint density at radius 2 is 2.19 bits per heavy atom. The summed E-state index contributed by atoms with van der Waals surface area (Å²) >= 11 is 0. The van der Waals surface area contributed by atoms with Crippen LogP contribution in [-0.4, -0.2) is 22.9 Å². The lowest BCUT2D eigenvalue weighted by Gasteiger charge is -2.09. The minimum absolute atomic E-state index is 0.302. The third kappa shape index (κ3) is 2.55. The summed E-state index contributed by atoms with van der Waals surface area (Å²) in [6.07, 6.45) is 6.58. The fourth-order valence-corrected chi connectivity index (χ4v) is 2.73. The molecule has 0 spiro atoms. The van der Waals surface area contributed by atoms with Crippen molar-refractivity contribution >= 4 is 5.97 Å². The van der Waals surface area contributed by atoms with E-state index in [9.17, 15) is 4.79 Å². The summed E-state index contributed by atoms with van der Waals surface area (Å²) in [5.41, 5.74) is 4.52. The molecule has 1 aliphatic carbocycles. The normalized spacial score (nSPS) is 12.5. The molecule has 1 aliphatic rings. The van der Waals surface area contributed by atoms with Gasteiger partial charge in [-0.3, -0.25) is 4.68 Å². The first kappa shape index (κ1) is 13.4. The van der Waals surface area contributed by atoms with E-state index in [1.54, 1.807) is 10.9 Å². The van der Waals surface area contributed by atoms with Crippen LogP contribution in [0, 0.1) is 11.8 Å². The van der Waals surface area contributed by atoms with Gasteiger partial charge in [-0.05, 0) is 36.5 Å². The molecule has 0 atom stereocenters. The van der Waals surface area contributed by atoms with Gasteiger partial charge in [0, 0.05) is 18.8 Å². The molecule has 0 saturated heterocycles. The van der Waals surface area contributed by atoms with Gasteiger partial charge in [-0.25, -0.2) is 4.79 Å². The van der Waals surface area contributed by atoms with Crippen LogP contribution in [0.2, 0.25) is 0 Å². The second-order valence-corrected chi connectivity index (χ2v) is 5.12. The quantitative estimate of drug-likeness (QED) is 0.593. The summed E-state index contributed by atoms with van der Waals surface area (Å²) in [5, 5.41) is 4.08. The van der Waals surface area contributed by atoms with Crippen LogP contribution >= 0.6 is 0 Å². The number of nitrogens with zero attached hydrogens (tertiary/aromatic N) is 2. The first-order valence-electron chi connectivity index (χ1n) is 6.93. The zero-order chi connectivity index (χ0) is 14.8. The standard InChI is InChI=1S/C17H16N2O2/c1-19-11-12(10-18-19)6-7-14-9-8-13-4-3-5-15(13)16(14)17(20)21-2/h8-11H,3-5H2,1-2H3. The fourth-order valence-electron chi connectivity index (χ4n) is 2.73. The molecule has 21 heavy (non-hydrogen) atoms. The van der Waals surface area contributed by atoms with Crippen LogP contribution in [0.25, 0.3) is 0 Å². The van der Waals surface area contributed by atoms with Gasteiger partial charge in [0.2, 0.25) is 0 Å². The van der Waals surface area contributed by atoms with Crippen LogP contribution in [0.3, 0.4) is 0 Å². The van der Waals surface area contributed by atoms with E-state index < -0.39 is 0 Å². The number of carbonyl (C=O) groups is 1. The second-order valence-electron chi connectivity index (χ2n) is 5.12. The summed E-state index contributed by atoms with van der Waals surface area (Å²) in [5.74, 6) is 5.83. The van der Waals surface area contributed by atoms with Crippen molar-refractivity contribution in [3.63, 3.8) is 0 Å². The molecule has 0 aliphatic heterocycles. The molecule has 1 heterocycles. The van der Waals surface area contributed by atoms with E-state index >= 15 is 0 Å². The zero-order valence-corrected chi connectivity index (χ0v) is 12.1. The Morgan fingerprint density at radius 3 is 2.90 bits per heavy atom. The minimum Gasteiger partial charge on any atom is -0.465 e. The van der Waals surface area contributed by atoms with E-state index in [4.69, 9.17) is 4.74 Å². The Hall–Kier alpha value is -2.54. The molecule has 0 bridgehead atoms. The SMILES string of the molecule is COC(=O)c1c(C#Cc2cnn(C)c2)ccc2c1CCC2. The summed E-state index contributed by atoms with van der Waals surface area (Å²) < 4.78 is 6.64. The van der Waals surface area contributed by atoms with Crippen molar-refractivity contribution in [1.29, 1.82) is 0 Å². The van der Waals surface area contributed by atoms with Crippen molar-refractivity contribution in [3.8, 4) is 11.8 Å². The molecule has 0 fully saturated rings. The number of fused-ring (bicyclic) bond motifs is 1. The first-order chi connectivity index (χ1) is 10.2. The number of ether oxygens (including phenoxy) is 1. The maximum Gasteiger partial charge on any atom is 0.339 e. The van der Waals surface area contributed by atoms with Crippen molar-refractivity contribution in [1.82, 2.24) is 9.78 Å². The van der Waals surface area contributed by atoms with E-state index in [1.807, 2.05) is 19.3 Å². The van der Waals surface area contributed by atoms with Gasteiger partial charge in [-0.15, -0.1) is 0 Å². The van der Waals surface area contributed by atoms with Gasteiger partial charge >= 0.3 is 5.97 Å². The number of methoxy groups -OCH3 is 1. The predicted molar refractivity (Wildman–Crippen MR) is 79.0 cm³/mol. The largest absolute Gasteiger partial charge is 0.465 e. The summed E-state index contributed by atoms with van der Waals surface area (Å²) in [6.45, 7) is 0. The van der Waals surface area contributed by atoms with Gasteiger partial charge in [0.1, 0.15) is 0 Å². The number of hydrogen-bond donors (Lipinski definition) is 0. The Labute approximate surface area is 123 Å². The van der Waals surface area contributed by atoms with Crippen LogP contribution in [0.5, 0.6) is 0 Å². The maximum absolute atomic E-state index is 12.1. The summed E-state index contributed by atoms with van der Waals surface area (Å²) in [7, 11) is 3.26. The highest BCUT2D eigenvalue weighted by molar-refractivity contribution is 5.94. The van der Waals surface area contributed by atoms with Crippen LogP contribution < -0.4 is 0 Å². The molecule has 1 aromatic heterocycles. The molecule has 4 nitrogen and oxygen atoms in total. The lowest BCUT2D eigenvalue weighted by Crippen LogP contribution is -2.08. The van der Waals surface area contributed by atoms with Gasteiger partial charge in [-0.1, -0.05) is 17.9 Å². The molecule has 0 N–H and O–H groups in total. The highest BCUT2D eigenvalue weighted by Gasteiger charge is 2.22. The van der Waals surface area contributed by atoms with E-state index in [0.717, 1.165) is 36.0 Å². The molecule has 0 radical (unpaired) electrons. The van der Waals surface area contributed by atoms with Gasteiger partial charge in [0.15, 0.2) is 0 Å². The summed E-state index contributed by atoms with van der Waals surface area (Å²) in [6, 6.07) is 3.99. The number of aryl methyl sites for hydroxylation is 2. The van der Waals surface area contributed by atoms with Gasteiger partial charge in [-0.2, -0.15) is 5.10 Å². The fraction of sp³-hybridized carbons (Fsp3) is 0.294. The highest BCUT2D eigenvalue weighted by atomic mass is 16.5. The Morgan fingerprint density at radius 1 is 1.33 bits per heavy atom. The Balaban J connectivity index is 2.06. The minimum atomic E-state index is -0.302. The van der Waals surface area contributed by atoms with E-state index in [2.05, 4.69) is 23.0 Å². The molecule has 1 aromatic carbocycles. The van der Waals surface area contributed by atoms with Gasteiger partial charge in [0.05, 0.1) is 24.4 Å². The van der Waals surface area contributed by atoms with E-state index in [0.29, 0.717) is 5.56 Å². The number of esters is 1. The number of rotatable bonds is 1. The average Bonchev–Trinajstić information content (AvgIpc) is 3.12. The maximum atomic E-state index is 12.1. The lowest BCUT2D eigenvalue weighted by molar-refractivity contribution is 0.0599. The predicted octanol–water partition coefficient (Wildman–Crippen LogP) is 2.10. The van der Waals surface area contributed by atoms with Crippen molar-refractivity contribution in [3.05, 3.63) is 52.3 Å². The molecular formula is C17H16N2O2. The molecule has 4 heteroatoms. The van der Waals surface area contributed by atoms with Crippen molar-refractivity contribution in [2.24, 2.45) is 7.05 Å². The topological polar surface area (TPSA) is 44.1 Å². The summed E-state index contributed by atoms with van der Waals surface area (Å²) in [4.78, 5) is 12.1. The van der Waals surface area contributed by atoms with E-state index in [1.165, 1.54) is 12.7 Å². The zero-order valence-electron chi connectivity index (χ0n) is 12.1. The molecule has 106 valence electrons. The average molecular weight is 280 g/mol. The molecule has 0 saturated carbocycles. The van der Waals surface area contributed by atoms with Gasteiger partial charge in [0.25, 0.3) is 0 Å². The van der Waals surface area contributed by atoms with Crippen LogP contribution in [0.4, 0.5) is 0 Å². The molecule has 3 rings (SSSR count). The van der Waals surface area contributed by atoms with Crippen LogP contribution in [0.1, 0.15) is 39.0 Å². The van der Waals surface area contributed by atoms with Crippen LogP contribution in [-0.2, 0) is 24.6 Å². The van der Waals surface area contributed by atoms with Crippen LogP contribution in [0.15, 0.2) is 24.5 Å². The van der Waals surface area contributed by atoms with Crippen molar-refractivity contribution in [2.45, 2.75) is 19.3 Å². The molecule has 2 aromatic rings. The molecular weight excluding hydrogens is 264 g/mol. The Bertz CT molecular complexity index is 763. The third-order valence-electron chi connectivity index (χ3n) is 3.72. The Kier molecular flexibility index (Phi) is 3.49. The second kappa shape index (κ2) is 5.45.